The molecule has 1 aliphatic rings. The maximum absolute atomic E-state index is 6.11. The number of halogens is 1. The van der Waals surface area contributed by atoms with Crippen LogP contribution in [0.15, 0.2) is 11.4 Å². The number of likely N-dealkylation sites (N-methyl/N-ethyl adjacent to an activating group) is 1. The van der Waals surface area contributed by atoms with E-state index in [0.29, 0.717) is 6.04 Å². The fourth-order valence-corrected chi connectivity index (χ4v) is 3.02. The molecule has 2 nitrogen and oxygen atoms in total. The van der Waals surface area contributed by atoms with Crippen LogP contribution in [0.5, 0.6) is 0 Å². The third-order valence-electron chi connectivity index (χ3n) is 3.00. The number of nitrogens with one attached hydrogen (secondary N) is 1. The van der Waals surface area contributed by atoms with E-state index >= 15 is 0 Å². The lowest BCUT2D eigenvalue weighted by atomic mass is 10.1. The van der Waals surface area contributed by atoms with Gasteiger partial charge < -0.3 is 5.32 Å². The van der Waals surface area contributed by atoms with Gasteiger partial charge in [-0.05, 0) is 43.4 Å². The molecule has 0 bridgehead atoms. The molecule has 2 rings (SSSR count). The average Bonchev–Trinajstić information content (AvgIpc) is 2.65. The number of hydrogen-bond donors (Lipinski definition) is 1. The average molecular weight is 245 g/mol. The van der Waals surface area contributed by atoms with Crippen LogP contribution in [-0.4, -0.2) is 31.1 Å². The maximum atomic E-state index is 6.11. The summed E-state index contributed by atoms with van der Waals surface area (Å²) in [7, 11) is 2.05. The first-order chi connectivity index (χ1) is 7.29. The highest BCUT2D eigenvalue weighted by Crippen LogP contribution is 2.25. The van der Waals surface area contributed by atoms with Gasteiger partial charge in [0.2, 0.25) is 0 Å². The fourth-order valence-electron chi connectivity index (χ4n) is 2.11. The van der Waals surface area contributed by atoms with Gasteiger partial charge in [0.15, 0.2) is 0 Å². The molecule has 0 aliphatic carbocycles. The van der Waals surface area contributed by atoms with E-state index in [9.17, 15) is 0 Å². The van der Waals surface area contributed by atoms with Crippen molar-refractivity contribution in [1.82, 2.24) is 10.2 Å². The Morgan fingerprint density at radius 2 is 2.53 bits per heavy atom. The molecule has 1 atom stereocenters. The lowest BCUT2D eigenvalue weighted by Crippen LogP contribution is -2.43. The highest BCUT2D eigenvalue weighted by Gasteiger charge is 2.19. The summed E-state index contributed by atoms with van der Waals surface area (Å²) in [6, 6.07) is 2.78. The van der Waals surface area contributed by atoms with Crippen molar-refractivity contribution in [2.45, 2.75) is 25.4 Å². The van der Waals surface area contributed by atoms with Crippen molar-refractivity contribution in [3.05, 3.63) is 21.3 Å². The van der Waals surface area contributed by atoms with Gasteiger partial charge in [-0.3, -0.25) is 4.90 Å². The van der Waals surface area contributed by atoms with Crippen LogP contribution < -0.4 is 5.32 Å². The van der Waals surface area contributed by atoms with Gasteiger partial charge in [0.1, 0.15) is 0 Å². The van der Waals surface area contributed by atoms with Crippen molar-refractivity contribution in [3.8, 4) is 0 Å². The third-order valence-corrected chi connectivity index (χ3v) is 4.25. The zero-order valence-electron chi connectivity index (χ0n) is 9.00. The Kier molecular flexibility index (Phi) is 4.03. The summed E-state index contributed by atoms with van der Waals surface area (Å²) in [6.07, 6.45) is 2.58. The van der Waals surface area contributed by atoms with Gasteiger partial charge >= 0.3 is 0 Å². The summed E-state index contributed by atoms with van der Waals surface area (Å²) in [4.78, 5) is 2.48. The van der Waals surface area contributed by atoms with Crippen LogP contribution >= 0.6 is 22.9 Å². The number of rotatable bonds is 3. The minimum Gasteiger partial charge on any atom is -0.316 e. The van der Waals surface area contributed by atoms with E-state index in [1.165, 1.54) is 24.9 Å². The summed E-state index contributed by atoms with van der Waals surface area (Å²) in [5.74, 6) is 0. The second-order valence-corrected chi connectivity index (χ2v) is 5.60. The van der Waals surface area contributed by atoms with Crippen LogP contribution in [0.1, 0.15) is 18.4 Å². The Hall–Kier alpha value is -0.0900. The first kappa shape index (κ1) is 11.4. The van der Waals surface area contributed by atoms with Crippen molar-refractivity contribution >= 4 is 22.9 Å². The first-order valence-corrected chi connectivity index (χ1v) is 6.67. The molecule has 1 unspecified atom stereocenters. The van der Waals surface area contributed by atoms with Gasteiger partial charge in [0, 0.05) is 19.1 Å². The van der Waals surface area contributed by atoms with Gasteiger partial charge in [-0.1, -0.05) is 11.6 Å². The molecule has 1 N–H and O–H groups in total. The molecule has 0 saturated carbocycles. The minimum absolute atomic E-state index is 0.649. The Labute approximate surface area is 100 Å². The van der Waals surface area contributed by atoms with E-state index in [4.69, 9.17) is 11.6 Å². The van der Waals surface area contributed by atoms with E-state index in [-0.39, 0.29) is 0 Å². The number of nitrogens with zero attached hydrogens (tertiary/aromatic N) is 1. The second-order valence-electron chi connectivity index (χ2n) is 4.08. The Morgan fingerprint density at radius 3 is 3.20 bits per heavy atom. The van der Waals surface area contributed by atoms with Gasteiger partial charge in [-0.2, -0.15) is 0 Å². The third kappa shape index (κ3) is 2.94. The van der Waals surface area contributed by atoms with Crippen LogP contribution in [0.3, 0.4) is 0 Å². The van der Waals surface area contributed by atoms with Crippen molar-refractivity contribution in [2.75, 3.05) is 20.1 Å². The summed E-state index contributed by atoms with van der Waals surface area (Å²) in [5.41, 5.74) is 1.28. The molecule has 0 aromatic carbocycles. The zero-order valence-corrected chi connectivity index (χ0v) is 10.6. The lowest BCUT2D eigenvalue weighted by Gasteiger charge is -2.32. The quantitative estimate of drug-likeness (QED) is 0.879. The molecule has 0 radical (unpaired) electrons. The summed E-state index contributed by atoms with van der Waals surface area (Å²) in [6.45, 7) is 3.34. The number of likely N-dealkylation sites (tertiary alicyclic amines) is 1. The fraction of sp³-hybridized carbons (Fsp3) is 0.636. The van der Waals surface area contributed by atoms with Crippen LogP contribution in [0.4, 0.5) is 0 Å². The molecule has 15 heavy (non-hydrogen) atoms. The molecular formula is C11H17ClN2S. The van der Waals surface area contributed by atoms with Gasteiger partial charge in [0.25, 0.3) is 0 Å². The van der Waals surface area contributed by atoms with Crippen molar-refractivity contribution in [2.24, 2.45) is 0 Å². The Morgan fingerprint density at radius 1 is 1.67 bits per heavy atom. The molecule has 1 aromatic heterocycles. The normalized spacial score (nSPS) is 23.2. The molecule has 1 aromatic rings. The predicted octanol–water partition coefficient (Wildman–Crippen LogP) is 2.59. The zero-order chi connectivity index (χ0) is 10.7. The van der Waals surface area contributed by atoms with Crippen LogP contribution in [-0.2, 0) is 6.54 Å². The molecule has 4 heteroatoms. The van der Waals surface area contributed by atoms with E-state index in [0.717, 1.165) is 17.4 Å². The molecule has 1 aliphatic heterocycles. The van der Waals surface area contributed by atoms with Crippen LogP contribution in [0.25, 0.3) is 0 Å². The van der Waals surface area contributed by atoms with E-state index in [1.54, 1.807) is 11.3 Å². The largest absolute Gasteiger partial charge is 0.316 e. The molecule has 0 amide bonds. The van der Waals surface area contributed by atoms with Crippen LogP contribution in [0.2, 0.25) is 4.34 Å². The summed E-state index contributed by atoms with van der Waals surface area (Å²) in [5, 5.41) is 5.42. The highest BCUT2D eigenvalue weighted by molar-refractivity contribution is 7.14. The molecule has 1 saturated heterocycles. The monoisotopic (exact) mass is 244 g/mol. The predicted molar refractivity (Wildman–Crippen MR) is 66.7 cm³/mol. The molecule has 2 heterocycles. The second kappa shape index (κ2) is 5.30. The van der Waals surface area contributed by atoms with E-state index in [2.05, 4.69) is 21.7 Å². The van der Waals surface area contributed by atoms with Crippen molar-refractivity contribution in [3.63, 3.8) is 0 Å². The highest BCUT2D eigenvalue weighted by atomic mass is 35.5. The SMILES string of the molecule is CNC1CCCN(Cc2ccsc2Cl)C1. The Bertz CT molecular complexity index is 313. The molecule has 0 spiro atoms. The molecular weight excluding hydrogens is 228 g/mol. The summed E-state index contributed by atoms with van der Waals surface area (Å²) < 4.78 is 0.946. The molecule has 1 fully saturated rings. The van der Waals surface area contributed by atoms with E-state index < -0.39 is 0 Å². The van der Waals surface area contributed by atoms with Crippen LogP contribution in [0, 0.1) is 0 Å². The topological polar surface area (TPSA) is 15.3 Å². The first-order valence-electron chi connectivity index (χ1n) is 5.41. The maximum Gasteiger partial charge on any atom is 0.0973 e. The molecule has 84 valence electrons. The van der Waals surface area contributed by atoms with Gasteiger partial charge in [-0.25, -0.2) is 0 Å². The Balaban J connectivity index is 1.92. The van der Waals surface area contributed by atoms with E-state index in [1.807, 2.05) is 7.05 Å². The lowest BCUT2D eigenvalue weighted by molar-refractivity contribution is 0.188. The number of piperidine rings is 1. The summed E-state index contributed by atoms with van der Waals surface area (Å²) >= 11 is 7.73. The number of hydrogen-bond acceptors (Lipinski definition) is 3. The van der Waals surface area contributed by atoms with Gasteiger partial charge in [-0.15, -0.1) is 11.3 Å². The van der Waals surface area contributed by atoms with Crippen molar-refractivity contribution in [1.29, 1.82) is 0 Å². The minimum atomic E-state index is 0.649. The van der Waals surface area contributed by atoms with Gasteiger partial charge in [0.05, 0.1) is 4.34 Å². The number of thiophene rings is 1. The standard InChI is InChI=1S/C11H17ClN2S/c1-13-10-3-2-5-14(8-10)7-9-4-6-15-11(9)12/h4,6,10,13H,2-3,5,7-8H2,1H3. The van der Waals surface area contributed by atoms with Crippen molar-refractivity contribution < 1.29 is 0 Å². The smallest absolute Gasteiger partial charge is 0.0973 e.